The summed E-state index contributed by atoms with van der Waals surface area (Å²) in [5.74, 6) is 0.907. The minimum absolute atomic E-state index is 0.0876. The fourth-order valence-corrected chi connectivity index (χ4v) is 2.31. The van der Waals surface area contributed by atoms with Crippen LogP contribution in [-0.4, -0.2) is 23.1 Å². The monoisotopic (exact) mass is 370 g/mol. The molecule has 0 aromatic heterocycles. The number of carbonyl (C=O) groups is 1. The smallest absolute Gasteiger partial charge is 0.177 e. The van der Waals surface area contributed by atoms with E-state index >= 15 is 0 Å². The van der Waals surface area contributed by atoms with Crippen molar-refractivity contribution >= 4 is 48.4 Å². The summed E-state index contributed by atoms with van der Waals surface area (Å²) in [5.41, 5.74) is 0.717. The van der Waals surface area contributed by atoms with Crippen molar-refractivity contribution in [1.29, 1.82) is 0 Å². The molecule has 0 radical (unpaired) electrons. The van der Waals surface area contributed by atoms with Gasteiger partial charge in [0.25, 0.3) is 0 Å². The minimum atomic E-state index is -0.187. The lowest BCUT2D eigenvalue weighted by Gasteiger charge is -2.07. The molecule has 0 aliphatic carbocycles. The van der Waals surface area contributed by atoms with E-state index in [1.807, 2.05) is 36.4 Å². The Hall–Kier alpha value is -0.870. The Bertz CT molecular complexity index is 581. The van der Waals surface area contributed by atoms with Crippen LogP contribution in [0.2, 0.25) is 0 Å². The molecule has 2 aromatic carbocycles. The van der Waals surface area contributed by atoms with Gasteiger partial charge in [-0.2, -0.15) is 0 Å². The van der Waals surface area contributed by atoms with Gasteiger partial charge in [0.2, 0.25) is 0 Å². The molecule has 4 heteroatoms. The first-order valence-corrected chi connectivity index (χ1v) is 7.51. The van der Waals surface area contributed by atoms with Gasteiger partial charge < -0.3 is 4.74 Å². The third kappa shape index (κ3) is 2.75. The van der Waals surface area contributed by atoms with Gasteiger partial charge in [-0.15, -0.1) is 0 Å². The van der Waals surface area contributed by atoms with E-state index < -0.39 is 0 Å². The number of ketones is 1. The first-order valence-electron chi connectivity index (χ1n) is 5.47. The Morgan fingerprint density at radius 2 is 1.89 bits per heavy atom. The Balaban J connectivity index is 2.42. The molecule has 0 aliphatic heterocycles. The number of benzene rings is 2. The van der Waals surface area contributed by atoms with Gasteiger partial charge in [0.05, 0.1) is 11.9 Å². The Morgan fingerprint density at radius 1 is 1.22 bits per heavy atom. The summed E-state index contributed by atoms with van der Waals surface area (Å²) in [5, 5.41) is 2.71. The number of ether oxygens (including phenoxy) is 1. The lowest BCUT2D eigenvalue weighted by molar-refractivity contribution is 0.0997. The maximum absolute atomic E-state index is 12.0. The third-order valence-corrected chi connectivity index (χ3v) is 5.01. The standard InChI is InChI=1S/C14H12Br2O2/c1-18-12-5-4-9-6-11(3-2-10(9)7-12)14(17)13(16)8-15/h2-7,13H,8H2,1H3. The highest BCUT2D eigenvalue weighted by atomic mass is 79.9. The van der Waals surface area contributed by atoms with Crippen molar-refractivity contribution in [2.24, 2.45) is 0 Å². The number of rotatable bonds is 4. The molecule has 0 aliphatic rings. The fraction of sp³-hybridized carbons (Fsp3) is 0.214. The topological polar surface area (TPSA) is 26.3 Å². The van der Waals surface area contributed by atoms with Gasteiger partial charge >= 0.3 is 0 Å². The normalized spacial score (nSPS) is 12.4. The summed E-state index contributed by atoms with van der Waals surface area (Å²) in [6, 6.07) is 11.5. The number of hydrogen-bond acceptors (Lipinski definition) is 2. The van der Waals surface area contributed by atoms with Crippen LogP contribution < -0.4 is 4.74 Å². The van der Waals surface area contributed by atoms with E-state index in [0.717, 1.165) is 16.5 Å². The van der Waals surface area contributed by atoms with Gasteiger partial charge in [-0.05, 0) is 29.0 Å². The molecule has 1 atom stereocenters. The number of halogens is 2. The molecule has 2 rings (SSSR count). The number of methoxy groups -OCH3 is 1. The number of alkyl halides is 2. The second-order valence-corrected chi connectivity index (χ2v) is 5.67. The molecule has 0 fully saturated rings. The molecular formula is C14H12Br2O2. The first kappa shape index (κ1) is 13.6. The summed E-state index contributed by atoms with van der Waals surface area (Å²) < 4.78 is 5.17. The molecule has 0 saturated heterocycles. The van der Waals surface area contributed by atoms with Crippen molar-refractivity contribution in [3.8, 4) is 5.75 Å². The van der Waals surface area contributed by atoms with Crippen LogP contribution in [0.3, 0.4) is 0 Å². The predicted molar refractivity (Wildman–Crippen MR) is 81.3 cm³/mol. The predicted octanol–water partition coefficient (Wildman–Crippen LogP) is 4.19. The largest absolute Gasteiger partial charge is 0.497 e. The van der Waals surface area contributed by atoms with Crippen molar-refractivity contribution in [3.05, 3.63) is 42.0 Å². The molecule has 94 valence electrons. The molecule has 2 nitrogen and oxygen atoms in total. The Kier molecular flexibility index (Phi) is 4.40. The first-order chi connectivity index (χ1) is 8.65. The molecule has 2 aromatic rings. The SMILES string of the molecule is COc1ccc2cc(C(=O)C(Br)CBr)ccc2c1. The molecule has 0 heterocycles. The molecule has 0 N–H and O–H groups in total. The van der Waals surface area contributed by atoms with E-state index in [2.05, 4.69) is 31.9 Å². The van der Waals surface area contributed by atoms with E-state index in [1.165, 1.54) is 0 Å². The molecule has 18 heavy (non-hydrogen) atoms. The summed E-state index contributed by atoms with van der Waals surface area (Å²) in [6.45, 7) is 0. The van der Waals surface area contributed by atoms with Crippen LogP contribution in [0.4, 0.5) is 0 Å². The van der Waals surface area contributed by atoms with E-state index in [-0.39, 0.29) is 10.6 Å². The Morgan fingerprint density at radius 3 is 2.56 bits per heavy atom. The van der Waals surface area contributed by atoms with Gasteiger partial charge in [-0.1, -0.05) is 50.1 Å². The van der Waals surface area contributed by atoms with Crippen LogP contribution in [0, 0.1) is 0 Å². The number of fused-ring (bicyclic) bond motifs is 1. The lowest BCUT2D eigenvalue weighted by atomic mass is 10.0. The molecule has 0 spiro atoms. The third-order valence-electron chi connectivity index (χ3n) is 2.75. The summed E-state index contributed by atoms with van der Waals surface area (Å²) in [6.07, 6.45) is 0. The highest BCUT2D eigenvalue weighted by Gasteiger charge is 2.15. The van der Waals surface area contributed by atoms with Gasteiger partial charge in [-0.3, -0.25) is 4.79 Å². The average molecular weight is 372 g/mol. The highest BCUT2D eigenvalue weighted by Crippen LogP contribution is 2.23. The zero-order valence-corrected chi connectivity index (χ0v) is 13.0. The molecular weight excluding hydrogens is 360 g/mol. The van der Waals surface area contributed by atoms with Crippen molar-refractivity contribution in [1.82, 2.24) is 0 Å². The molecule has 0 saturated carbocycles. The average Bonchev–Trinajstić information content (AvgIpc) is 2.44. The maximum atomic E-state index is 12.0. The summed E-state index contributed by atoms with van der Waals surface area (Å²) in [7, 11) is 1.64. The van der Waals surface area contributed by atoms with Gasteiger partial charge in [-0.25, -0.2) is 0 Å². The summed E-state index contributed by atoms with van der Waals surface area (Å²) >= 11 is 6.65. The van der Waals surface area contributed by atoms with E-state index in [0.29, 0.717) is 10.9 Å². The van der Waals surface area contributed by atoms with Crippen LogP contribution in [0.1, 0.15) is 10.4 Å². The van der Waals surface area contributed by atoms with E-state index in [9.17, 15) is 4.79 Å². The lowest BCUT2D eigenvalue weighted by Crippen LogP contribution is -2.15. The zero-order chi connectivity index (χ0) is 13.1. The number of carbonyl (C=O) groups excluding carboxylic acids is 1. The van der Waals surface area contributed by atoms with Gasteiger partial charge in [0.15, 0.2) is 5.78 Å². The highest BCUT2D eigenvalue weighted by molar-refractivity contribution is 9.12. The Labute approximate surface area is 123 Å². The van der Waals surface area contributed by atoms with E-state index in [4.69, 9.17) is 4.74 Å². The maximum Gasteiger partial charge on any atom is 0.177 e. The quantitative estimate of drug-likeness (QED) is 0.595. The fourth-order valence-electron chi connectivity index (χ4n) is 1.75. The van der Waals surface area contributed by atoms with Crippen molar-refractivity contribution in [3.63, 3.8) is 0 Å². The molecule has 0 bridgehead atoms. The van der Waals surface area contributed by atoms with Crippen LogP contribution >= 0.6 is 31.9 Å². The van der Waals surface area contributed by atoms with Crippen LogP contribution in [-0.2, 0) is 0 Å². The van der Waals surface area contributed by atoms with Gasteiger partial charge in [0, 0.05) is 10.9 Å². The molecule has 0 amide bonds. The minimum Gasteiger partial charge on any atom is -0.497 e. The summed E-state index contributed by atoms with van der Waals surface area (Å²) in [4.78, 5) is 11.9. The second kappa shape index (κ2) is 5.85. The number of Topliss-reactive ketones (excluding diaryl/α,β-unsaturated/α-hetero) is 1. The number of hydrogen-bond donors (Lipinski definition) is 0. The second-order valence-electron chi connectivity index (χ2n) is 3.91. The van der Waals surface area contributed by atoms with Crippen LogP contribution in [0.25, 0.3) is 10.8 Å². The van der Waals surface area contributed by atoms with Gasteiger partial charge in [0.1, 0.15) is 5.75 Å². The van der Waals surface area contributed by atoms with Crippen molar-refractivity contribution < 1.29 is 9.53 Å². The van der Waals surface area contributed by atoms with Crippen molar-refractivity contribution in [2.45, 2.75) is 4.83 Å². The van der Waals surface area contributed by atoms with E-state index in [1.54, 1.807) is 7.11 Å². The zero-order valence-electron chi connectivity index (χ0n) is 9.82. The van der Waals surface area contributed by atoms with Crippen molar-refractivity contribution in [2.75, 3.05) is 12.4 Å². The molecule has 1 unspecified atom stereocenters. The van der Waals surface area contributed by atoms with Crippen LogP contribution in [0.15, 0.2) is 36.4 Å². The van der Waals surface area contributed by atoms with Crippen LogP contribution in [0.5, 0.6) is 5.75 Å².